The third-order valence-corrected chi connectivity index (χ3v) is 3.70. The molecule has 0 amide bonds. The number of fused-ring (bicyclic) bond motifs is 2. The summed E-state index contributed by atoms with van der Waals surface area (Å²) in [6, 6.07) is 0. The number of nitrogens with zero attached hydrogens (tertiary/aromatic N) is 2. The molecule has 2 aliphatic rings. The topological polar surface area (TPSA) is 68.4 Å². The average molecular weight is 238 g/mol. The molecule has 17 heavy (non-hydrogen) atoms. The van der Waals surface area contributed by atoms with Crippen molar-refractivity contribution < 1.29 is 14.4 Å². The fourth-order valence-corrected chi connectivity index (χ4v) is 2.76. The summed E-state index contributed by atoms with van der Waals surface area (Å²) in [4.78, 5) is 4.41. The van der Waals surface area contributed by atoms with Crippen LogP contribution in [0.25, 0.3) is 0 Å². The summed E-state index contributed by atoms with van der Waals surface area (Å²) in [5, 5.41) is 13.3. The van der Waals surface area contributed by atoms with Crippen molar-refractivity contribution in [3.05, 3.63) is 11.7 Å². The molecular weight excluding hydrogens is 220 g/mol. The predicted molar refractivity (Wildman–Crippen MR) is 59.6 cm³/mol. The lowest BCUT2D eigenvalue weighted by atomic mass is 9.89. The van der Waals surface area contributed by atoms with Crippen LogP contribution in [0.4, 0.5) is 0 Å². The first-order valence-electron chi connectivity index (χ1n) is 6.38. The van der Waals surface area contributed by atoms with E-state index in [-0.39, 0.29) is 6.10 Å². The van der Waals surface area contributed by atoms with Crippen molar-refractivity contribution >= 4 is 0 Å². The molecule has 2 aliphatic heterocycles. The first kappa shape index (κ1) is 11.2. The smallest absolute Gasteiger partial charge is 0.226 e. The summed E-state index contributed by atoms with van der Waals surface area (Å²) in [7, 11) is 0. The maximum Gasteiger partial charge on any atom is 0.226 e. The molecule has 0 saturated carbocycles. The van der Waals surface area contributed by atoms with Crippen molar-refractivity contribution in [2.24, 2.45) is 0 Å². The minimum atomic E-state index is -0.323. The van der Waals surface area contributed by atoms with Crippen LogP contribution >= 0.6 is 0 Å². The number of ether oxygens (including phenoxy) is 1. The summed E-state index contributed by atoms with van der Waals surface area (Å²) >= 11 is 0. The minimum Gasteiger partial charge on any atom is -0.393 e. The molecule has 5 nitrogen and oxygen atoms in total. The molecule has 3 rings (SSSR count). The molecule has 3 heterocycles. The molecule has 0 aliphatic carbocycles. The van der Waals surface area contributed by atoms with E-state index < -0.39 is 0 Å². The molecule has 2 bridgehead atoms. The van der Waals surface area contributed by atoms with Gasteiger partial charge in [0.2, 0.25) is 5.89 Å². The SMILES string of the molecule is CC(O)CCc1nc(C2CC3CCC2O3)no1. The monoisotopic (exact) mass is 238 g/mol. The Morgan fingerprint density at radius 1 is 1.47 bits per heavy atom. The van der Waals surface area contributed by atoms with E-state index in [1.165, 1.54) is 6.42 Å². The standard InChI is InChI=1S/C12H18N2O3/c1-7(15)2-5-11-13-12(14-17-11)9-6-8-3-4-10(9)16-8/h7-10,15H,2-6H2,1H3. The Hall–Kier alpha value is -0.940. The van der Waals surface area contributed by atoms with Crippen molar-refractivity contribution in [3.63, 3.8) is 0 Å². The molecule has 4 atom stereocenters. The van der Waals surface area contributed by atoms with Crippen molar-refractivity contribution in [1.82, 2.24) is 10.1 Å². The predicted octanol–water partition coefficient (Wildman–Crippen LogP) is 1.42. The van der Waals surface area contributed by atoms with E-state index in [0.717, 1.165) is 18.7 Å². The van der Waals surface area contributed by atoms with E-state index in [4.69, 9.17) is 9.26 Å². The van der Waals surface area contributed by atoms with Gasteiger partial charge in [-0.1, -0.05) is 5.16 Å². The zero-order chi connectivity index (χ0) is 11.8. The number of aryl methyl sites for hydroxylation is 1. The quantitative estimate of drug-likeness (QED) is 0.859. The highest BCUT2D eigenvalue weighted by Gasteiger charge is 2.43. The highest BCUT2D eigenvalue weighted by Crippen LogP contribution is 2.43. The Balaban J connectivity index is 1.64. The first-order valence-corrected chi connectivity index (χ1v) is 6.38. The van der Waals surface area contributed by atoms with Crippen molar-refractivity contribution in [2.45, 2.75) is 63.3 Å². The lowest BCUT2D eigenvalue weighted by molar-refractivity contribution is 0.0996. The normalized spacial score (nSPS) is 33.2. The van der Waals surface area contributed by atoms with Crippen LogP contribution in [0, 0.1) is 0 Å². The fraction of sp³-hybridized carbons (Fsp3) is 0.833. The molecule has 1 aromatic heterocycles. The maximum atomic E-state index is 9.21. The third-order valence-electron chi connectivity index (χ3n) is 3.70. The van der Waals surface area contributed by atoms with Gasteiger partial charge >= 0.3 is 0 Å². The summed E-state index contributed by atoms with van der Waals surface area (Å²) < 4.78 is 11.0. The second kappa shape index (κ2) is 4.38. The zero-order valence-electron chi connectivity index (χ0n) is 10.0. The molecule has 2 fully saturated rings. The molecule has 94 valence electrons. The lowest BCUT2D eigenvalue weighted by Gasteiger charge is -2.13. The number of aliphatic hydroxyl groups is 1. The summed E-state index contributed by atoms with van der Waals surface area (Å²) in [6.45, 7) is 1.76. The number of aromatic nitrogens is 2. The Morgan fingerprint density at radius 2 is 2.35 bits per heavy atom. The van der Waals surface area contributed by atoms with Gasteiger partial charge in [-0.05, 0) is 32.6 Å². The highest BCUT2D eigenvalue weighted by molar-refractivity contribution is 5.06. The van der Waals surface area contributed by atoms with Crippen LogP contribution < -0.4 is 0 Å². The number of hydrogen-bond donors (Lipinski definition) is 1. The summed E-state index contributed by atoms with van der Waals surface area (Å²) in [5.41, 5.74) is 0. The van der Waals surface area contributed by atoms with Crippen molar-refractivity contribution in [2.75, 3.05) is 0 Å². The van der Waals surface area contributed by atoms with Crippen LogP contribution in [0.1, 0.15) is 50.2 Å². The van der Waals surface area contributed by atoms with Gasteiger partial charge in [0.05, 0.1) is 24.2 Å². The molecule has 0 spiro atoms. The molecule has 5 heteroatoms. The zero-order valence-corrected chi connectivity index (χ0v) is 10.0. The van der Waals surface area contributed by atoms with Crippen LogP contribution in [0.5, 0.6) is 0 Å². The fourth-order valence-electron chi connectivity index (χ4n) is 2.76. The van der Waals surface area contributed by atoms with Gasteiger partial charge in [-0.2, -0.15) is 4.98 Å². The number of hydrogen-bond acceptors (Lipinski definition) is 5. The van der Waals surface area contributed by atoms with Gasteiger partial charge in [0, 0.05) is 6.42 Å². The Labute approximate surface area is 100 Å². The van der Waals surface area contributed by atoms with Crippen LogP contribution in [0.3, 0.4) is 0 Å². The highest BCUT2D eigenvalue weighted by atomic mass is 16.5. The molecule has 4 unspecified atom stereocenters. The average Bonchev–Trinajstić information content (AvgIpc) is 3.01. The van der Waals surface area contributed by atoms with Crippen LogP contribution in [0.2, 0.25) is 0 Å². The number of aliphatic hydroxyl groups excluding tert-OH is 1. The first-order chi connectivity index (χ1) is 8.22. The molecule has 0 radical (unpaired) electrons. The lowest BCUT2D eigenvalue weighted by Crippen LogP contribution is -2.15. The minimum absolute atomic E-state index is 0.294. The largest absolute Gasteiger partial charge is 0.393 e. The van der Waals surface area contributed by atoms with E-state index in [9.17, 15) is 5.11 Å². The van der Waals surface area contributed by atoms with E-state index >= 15 is 0 Å². The van der Waals surface area contributed by atoms with Gasteiger partial charge in [0.1, 0.15) is 0 Å². The van der Waals surface area contributed by atoms with Crippen LogP contribution in [-0.2, 0) is 11.2 Å². The van der Waals surface area contributed by atoms with Gasteiger partial charge in [0.25, 0.3) is 0 Å². The van der Waals surface area contributed by atoms with Crippen LogP contribution in [0.15, 0.2) is 4.52 Å². The van der Waals surface area contributed by atoms with Gasteiger partial charge in [-0.15, -0.1) is 0 Å². The van der Waals surface area contributed by atoms with Gasteiger partial charge < -0.3 is 14.4 Å². The van der Waals surface area contributed by atoms with Crippen LogP contribution in [-0.4, -0.2) is 33.6 Å². The van der Waals surface area contributed by atoms with E-state index in [2.05, 4.69) is 10.1 Å². The van der Waals surface area contributed by atoms with Crippen molar-refractivity contribution in [1.29, 1.82) is 0 Å². The molecule has 1 N–H and O–H groups in total. The Kier molecular flexibility index (Phi) is 2.88. The van der Waals surface area contributed by atoms with Gasteiger partial charge in [0.15, 0.2) is 5.82 Å². The molecule has 0 aromatic carbocycles. The second-order valence-corrected chi connectivity index (χ2v) is 5.15. The van der Waals surface area contributed by atoms with E-state index in [1.54, 1.807) is 6.92 Å². The van der Waals surface area contributed by atoms with E-state index in [0.29, 0.717) is 36.9 Å². The third kappa shape index (κ3) is 2.21. The van der Waals surface area contributed by atoms with Crippen molar-refractivity contribution in [3.8, 4) is 0 Å². The molecule has 2 saturated heterocycles. The van der Waals surface area contributed by atoms with Gasteiger partial charge in [-0.25, -0.2) is 0 Å². The summed E-state index contributed by atoms with van der Waals surface area (Å²) in [6.07, 6.45) is 5.00. The molecular formula is C12H18N2O3. The molecule has 1 aromatic rings. The maximum absolute atomic E-state index is 9.21. The summed E-state index contributed by atoms with van der Waals surface area (Å²) in [5.74, 6) is 1.74. The number of rotatable bonds is 4. The van der Waals surface area contributed by atoms with Gasteiger partial charge in [-0.3, -0.25) is 0 Å². The Morgan fingerprint density at radius 3 is 3.00 bits per heavy atom. The van der Waals surface area contributed by atoms with E-state index in [1.807, 2.05) is 0 Å². The second-order valence-electron chi connectivity index (χ2n) is 5.15. The Bertz CT molecular complexity index is 391.